The largest absolute Gasteiger partial charge is 0.320 e. The zero-order chi connectivity index (χ0) is 6.24. The smallest absolute Gasteiger partial charge is 0.0561 e. The second kappa shape index (κ2) is 6.08. The van der Waals surface area contributed by atoms with Crippen LogP contribution in [0.2, 0.25) is 0 Å². The molecular formula is C7H9N. The minimum Gasteiger partial charge on any atom is -0.320 e. The first-order valence-corrected chi connectivity index (χ1v) is 2.57. The molecule has 1 heteroatoms. The molecule has 0 fully saturated rings. The molecule has 0 unspecified atom stereocenters. The lowest BCUT2D eigenvalue weighted by molar-refractivity contribution is 1.28. The Morgan fingerprint density at radius 3 is 2.38 bits per heavy atom. The second-order valence-electron chi connectivity index (χ2n) is 1.16. The maximum Gasteiger partial charge on any atom is 0.0561 e. The summed E-state index contributed by atoms with van der Waals surface area (Å²) >= 11 is 0. The molecule has 0 rings (SSSR count). The molecule has 0 heterocycles. The molecule has 0 atom stereocenters. The van der Waals surface area contributed by atoms with Crippen molar-refractivity contribution in [3.8, 4) is 23.7 Å². The number of hydrogen-bond donors (Lipinski definition) is 1. The molecule has 0 aromatic carbocycles. The van der Waals surface area contributed by atoms with Gasteiger partial charge in [0.25, 0.3) is 0 Å². The topological polar surface area (TPSA) is 26.0 Å². The molecular weight excluding hydrogens is 98.1 g/mol. The van der Waals surface area contributed by atoms with Crippen LogP contribution in [-0.2, 0) is 0 Å². The first-order chi connectivity index (χ1) is 3.91. The van der Waals surface area contributed by atoms with E-state index in [0.29, 0.717) is 6.54 Å². The summed E-state index contributed by atoms with van der Waals surface area (Å²) < 4.78 is 0. The van der Waals surface area contributed by atoms with Gasteiger partial charge in [-0.3, -0.25) is 0 Å². The van der Waals surface area contributed by atoms with Crippen molar-refractivity contribution < 1.29 is 0 Å². The van der Waals surface area contributed by atoms with Gasteiger partial charge in [0.15, 0.2) is 0 Å². The van der Waals surface area contributed by atoms with Crippen molar-refractivity contribution >= 4 is 0 Å². The summed E-state index contributed by atoms with van der Waals surface area (Å²) in [7, 11) is 0. The first kappa shape index (κ1) is 7.08. The average molecular weight is 107 g/mol. The van der Waals surface area contributed by atoms with E-state index in [4.69, 9.17) is 5.73 Å². The zero-order valence-electron chi connectivity index (χ0n) is 4.99. The molecule has 0 bridgehead atoms. The van der Waals surface area contributed by atoms with Crippen LogP contribution in [0.25, 0.3) is 0 Å². The molecule has 0 aliphatic heterocycles. The van der Waals surface area contributed by atoms with Crippen LogP contribution in [-0.4, -0.2) is 6.54 Å². The van der Waals surface area contributed by atoms with Crippen LogP contribution in [0.15, 0.2) is 0 Å². The minimum atomic E-state index is 0.401. The Hall–Kier alpha value is -0.920. The van der Waals surface area contributed by atoms with Gasteiger partial charge in [0.1, 0.15) is 0 Å². The van der Waals surface area contributed by atoms with E-state index in [1.165, 1.54) is 0 Å². The van der Waals surface area contributed by atoms with Crippen LogP contribution in [0.3, 0.4) is 0 Å². The van der Waals surface area contributed by atoms with Crippen molar-refractivity contribution in [1.29, 1.82) is 0 Å². The van der Waals surface area contributed by atoms with Gasteiger partial charge in [-0.05, 0) is 11.8 Å². The molecule has 0 radical (unpaired) electrons. The quantitative estimate of drug-likeness (QED) is 0.444. The highest BCUT2D eigenvalue weighted by Gasteiger charge is 1.56. The molecule has 8 heavy (non-hydrogen) atoms. The van der Waals surface area contributed by atoms with E-state index >= 15 is 0 Å². The Balaban J connectivity index is 3.40. The lowest BCUT2D eigenvalue weighted by Gasteiger charge is -1.64. The fourth-order valence-electron chi connectivity index (χ4n) is 0.228. The Bertz CT molecular complexity index is 129. The van der Waals surface area contributed by atoms with Crippen LogP contribution in [0.4, 0.5) is 0 Å². The molecule has 0 aliphatic carbocycles. The molecule has 0 spiro atoms. The van der Waals surface area contributed by atoms with E-state index in [-0.39, 0.29) is 0 Å². The standard InChI is InChI=1S/C7H9N/c1-2-3-4-5-6-7-8/h2,7-8H2,1H3. The van der Waals surface area contributed by atoms with Crippen molar-refractivity contribution in [2.24, 2.45) is 5.73 Å². The van der Waals surface area contributed by atoms with E-state index in [2.05, 4.69) is 23.7 Å². The molecule has 42 valence electrons. The Labute approximate surface area is 50.3 Å². The normalized spacial score (nSPS) is 5.75. The number of rotatable bonds is 0. The van der Waals surface area contributed by atoms with Crippen LogP contribution >= 0.6 is 0 Å². The van der Waals surface area contributed by atoms with E-state index in [1.54, 1.807) is 0 Å². The van der Waals surface area contributed by atoms with Crippen LogP contribution in [0.5, 0.6) is 0 Å². The van der Waals surface area contributed by atoms with Crippen LogP contribution in [0, 0.1) is 23.7 Å². The molecule has 0 aromatic rings. The summed E-state index contributed by atoms with van der Waals surface area (Å²) in [5.41, 5.74) is 5.07. The summed E-state index contributed by atoms with van der Waals surface area (Å²) in [6.45, 7) is 2.38. The SMILES string of the molecule is CCC#CC#CCN. The predicted molar refractivity (Wildman–Crippen MR) is 34.9 cm³/mol. The first-order valence-electron chi connectivity index (χ1n) is 2.57. The number of hydrogen-bond acceptors (Lipinski definition) is 1. The van der Waals surface area contributed by atoms with Crippen molar-refractivity contribution in [3.05, 3.63) is 0 Å². The van der Waals surface area contributed by atoms with Crippen LogP contribution < -0.4 is 5.73 Å². The van der Waals surface area contributed by atoms with E-state index in [0.717, 1.165) is 6.42 Å². The molecule has 0 aromatic heterocycles. The van der Waals surface area contributed by atoms with Crippen molar-refractivity contribution in [2.45, 2.75) is 13.3 Å². The fraction of sp³-hybridized carbons (Fsp3) is 0.429. The third-order valence-electron chi connectivity index (χ3n) is 0.518. The minimum absolute atomic E-state index is 0.401. The third kappa shape index (κ3) is 5.08. The lowest BCUT2D eigenvalue weighted by atomic mass is 10.4. The van der Waals surface area contributed by atoms with Crippen LogP contribution in [0.1, 0.15) is 13.3 Å². The number of nitrogens with two attached hydrogens (primary N) is 1. The van der Waals surface area contributed by atoms with E-state index in [1.807, 2.05) is 6.92 Å². The van der Waals surface area contributed by atoms with Gasteiger partial charge in [0.2, 0.25) is 0 Å². The van der Waals surface area contributed by atoms with Crippen molar-refractivity contribution in [3.63, 3.8) is 0 Å². The molecule has 1 nitrogen and oxygen atoms in total. The maximum atomic E-state index is 5.07. The molecule has 0 amide bonds. The second-order valence-corrected chi connectivity index (χ2v) is 1.16. The van der Waals surface area contributed by atoms with Gasteiger partial charge in [-0.25, -0.2) is 0 Å². The average Bonchev–Trinajstić information content (AvgIpc) is 1.81. The van der Waals surface area contributed by atoms with Crippen molar-refractivity contribution in [1.82, 2.24) is 0 Å². The summed E-state index contributed by atoms with van der Waals surface area (Å²) in [6, 6.07) is 0. The molecule has 0 saturated carbocycles. The van der Waals surface area contributed by atoms with Gasteiger partial charge in [-0.1, -0.05) is 18.8 Å². The van der Waals surface area contributed by atoms with Gasteiger partial charge in [-0.2, -0.15) is 0 Å². The fourth-order valence-corrected chi connectivity index (χ4v) is 0.228. The summed E-state index contributed by atoms with van der Waals surface area (Å²) in [4.78, 5) is 0. The Morgan fingerprint density at radius 2 is 1.88 bits per heavy atom. The lowest BCUT2D eigenvalue weighted by Crippen LogP contribution is -1.92. The Kier molecular flexibility index (Phi) is 5.38. The molecule has 2 N–H and O–H groups in total. The highest BCUT2D eigenvalue weighted by atomic mass is 14.5. The summed E-state index contributed by atoms with van der Waals surface area (Å²) in [5, 5.41) is 0. The zero-order valence-corrected chi connectivity index (χ0v) is 4.99. The highest BCUT2D eigenvalue weighted by molar-refractivity contribution is 5.25. The Morgan fingerprint density at radius 1 is 1.25 bits per heavy atom. The summed E-state index contributed by atoms with van der Waals surface area (Å²) in [5.74, 6) is 10.7. The van der Waals surface area contributed by atoms with Gasteiger partial charge >= 0.3 is 0 Å². The molecule has 0 saturated heterocycles. The highest BCUT2D eigenvalue weighted by Crippen LogP contribution is 1.63. The van der Waals surface area contributed by atoms with E-state index in [9.17, 15) is 0 Å². The van der Waals surface area contributed by atoms with Gasteiger partial charge in [0.05, 0.1) is 6.54 Å². The summed E-state index contributed by atoms with van der Waals surface area (Å²) in [6.07, 6.45) is 0.860. The van der Waals surface area contributed by atoms with Gasteiger partial charge in [-0.15, -0.1) is 0 Å². The monoisotopic (exact) mass is 107 g/mol. The van der Waals surface area contributed by atoms with E-state index < -0.39 is 0 Å². The van der Waals surface area contributed by atoms with Gasteiger partial charge < -0.3 is 5.73 Å². The maximum absolute atomic E-state index is 5.07. The third-order valence-corrected chi connectivity index (χ3v) is 0.518. The predicted octanol–water partition coefficient (Wildman–Crippen LogP) is 0.362. The van der Waals surface area contributed by atoms with Crippen molar-refractivity contribution in [2.75, 3.05) is 6.54 Å². The molecule has 0 aliphatic rings. The van der Waals surface area contributed by atoms with Gasteiger partial charge in [0, 0.05) is 6.42 Å².